The van der Waals surface area contributed by atoms with Gasteiger partial charge < -0.3 is 5.32 Å². The van der Waals surface area contributed by atoms with Gasteiger partial charge in [-0.3, -0.25) is 9.59 Å². The van der Waals surface area contributed by atoms with Crippen molar-refractivity contribution in [1.29, 1.82) is 0 Å². The Labute approximate surface area is 161 Å². The zero-order chi connectivity index (χ0) is 19.9. The van der Waals surface area contributed by atoms with Gasteiger partial charge in [-0.25, -0.2) is 9.82 Å². The van der Waals surface area contributed by atoms with E-state index in [1.165, 1.54) is 24.3 Å². The van der Waals surface area contributed by atoms with Gasteiger partial charge in [-0.15, -0.1) is 0 Å². The van der Waals surface area contributed by atoms with E-state index in [0.29, 0.717) is 5.69 Å². The van der Waals surface area contributed by atoms with E-state index < -0.39 is 17.6 Å². The van der Waals surface area contributed by atoms with Gasteiger partial charge in [-0.1, -0.05) is 42.0 Å². The van der Waals surface area contributed by atoms with Crippen molar-refractivity contribution in [3.63, 3.8) is 0 Å². The average molecular weight is 375 g/mol. The smallest absolute Gasteiger partial charge is 0.273 e. The second-order valence-corrected chi connectivity index (χ2v) is 6.12. The molecule has 140 valence electrons. The summed E-state index contributed by atoms with van der Waals surface area (Å²) >= 11 is 0. The molecule has 2 amide bonds. The standard InChI is InChI=1S/C22H18FN3O2/c1-15-5-4-6-16(13-15)14-24-26-22(28)19-7-2-3-8-20(19)25-21(27)17-9-11-18(23)12-10-17/h2-14H,1H3,(H,25,27)(H,26,28). The third-order valence-corrected chi connectivity index (χ3v) is 3.95. The van der Waals surface area contributed by atoms with E-state index in [4.69, 9.17) is 0 Å². The lowest BCUT2D eigenvalue weighted by Crippen LogP contribution is -2.21. The first-order chi connectivity index (χ1) is 13.5. The third kappa shape index (κ3) is 4.88. The van der Waals surface area contributed by atoms with Crippen LogP contribution in [0.5, 0.6) is 0 Å². The predicted octanol–water partition coefficient (Wildman–Crippen LogP) is 4.15. The fraction of sp³-hybridized carbons (Fsp3) is 0.0455. The number of para-hydroxylation sites is 1. The Morgan fingerprint density at radius 1 is 0.929 bits per heavy atom. The quantitative estimate of drug-likeness (QED) is 0.519. The highest BCUT2D eigenvalue weighted by molar-refractivity contribution is 6.09. The van der Waals surface area contributed by atoms with Crippen LogP contribution in [0.2, 0.25) is 0 Å². The van der Waals surface area contributed by atoms with Gasteiger partial charge in [0.25, 0.3) is 11.8 Å². The second kappa shape index (κ2) is 8.73. The molecular formula is C22H18FN3O2. The zero-order valence-corrected chi connectivity index (χ0v) is 15.1. The van der Waals surface area contributed by atoms with Crippen LogP contribution in [0.25, 0.3) is 0 Å². The molecule has 3 aromatic carbocycles. The number of carbonyl (C=O) groups is 2. The first-order valence-corrected chi connectivity index (χ1v) is 8.59. The van der Waals surface area contributed by atoms with Crippen LogP contribution >= 0.6 is 0 Å². The second-order valence-electron chi connectivity index (χ2n) is 6.12. The number of anilines is 1. The van der Waals surface area contributed by atoms with Gasteiger partial charge in [-0.2, -0.15) is 5.10 Å². The molecule has 2 N–H and O–H groups in total. The molecular weight excluding hydrogens is 357 g/mol. The molecule has 0 fully saturated rings. The fourth-order valence-electron chi connectivity index (χ4n) is 2.56. The maximum absolute atomic E-state index is 13.0. The van der Waals surface area contributed by atoms with Crippen molar-refractivity contribution in [3.05, 3.63) is 101 Å². The van der Waals surface area contributed by atoms with Crippen LogP contribution in [-0.2, 0) is 0 Å². The Kier molecular flexibility index (Phi) is 5.91. The van der Waals surface area contributed by atoms with Crippen molar-refractivity contribution >= 4 is 23.7 Å². The first kappa shape index (κ1) is 19.0. The molecule has 0 aromatic heterocycles. The molecule has 0 heterocycles. The van der Waals surface area contributed by atoms with E-state index >= 15 is 0 Å². The molecule has 3 rings (SSSR count). The van der Waals surface area contributed by atoms with Gasteiger partial charge in [0, 0.05) is 5.56 Å². The van der Waals surface area contributed by atoms with Crippen LogP contribution < -0.4 is 10.7 Å². The summed E-state index contributed by atoms with van der Waals surface area (Å²) in [5, 5.41) is 6.64. The van der Waals surface area contributed by atoms with Gasteiger partial charge >= 0.3 is 0 Å². The molecule has 5 nitrogen and oxygen atoms in total. The molecule has 0 unspecified atom stereocenters. The number of nitrogens with zero attached hydrogens (tertiary/aromatic N) is 1. The Balaban J connectivity index is 1.71. The number of halogens is 1. The number of hydrogen-bond donors (Lipinski definition) is 2. The van der Waals surface area contributed by atoms with Crippen LogP contribution in [0, 0.1) is 12.7 Å². The predicted molar refractivity (Wildman–Crippen MR) is 107 cm³/mol. The normalized spacial score (nSPS) is 10.6. The number of carbonyl (C=O) groups excluding carboxylic acids is 2. The minimum absolute atomic E-state index is 0.263. The monoisotopic (exact) mass is 375 g/mol. The van der Waals surface area contributed by atoms with Crippen molar-refractivity contribution in [2.75, 3.05) is 5.32 Å². The molecule has 6 heteroatoms. The molecule has 0 aliphatic heterocycles. The maximum atomic E-state index is 13.0. The van der Waals surface area contributed by atoms with E-state index in [2.05, 4.69) is 15.8 Å². The van der Waals surface area contributed by atoms with Gasteiger partial charge in [0.1, 0.15) is 5.82 Å². The molecule has 0 spiro atoms. The van der Waals surface area contributed by atoms with Gasteiger partial charge in [0.2, 0.25) is 0 Å². The summed E-state index contributed by atoms with van der Waals surface area (Å²) in [5.41, 5.74) is 5.29. The molecule has 0 saturated carbocycles. The van der Waals surface area contributed by atoms with Crippen molar-refractivity contribution < 1.29 is 14.0 Å². The lowest BCUT2D eigenvalue weighted by Gasteiger charge is -2.10. The van der Waals surface area contributed by atoms with Crippen LogP contribution in [0.1, 0.15) is 31.8 Å². The summed E-state index contributed by atoms with van der Waals surface area (Å²) < 4.78 is 13.0. The number of hydrazone groups is 1. The van der Waals surface area contributed by atoms with Crippen molar-refractivity contribution in [3.8, 4) is 0 Å². The summed E-state index contributed by atoms with van der Waals surface area (Å²) in [6, 6.07) is 19.4. The summed E-state index contributed by atoms with van der Waals surface area (Å²) in [5.74, 6) is -1.33. The largest absolute Gasteiger partial charge is 0.321 e. The molecule has 0 radical (unpaired) electrons. The number of nitrogens with one attached hydrogen (secondary N) is 2. The summed E-state index contributed by atoms with van der Waals surface area (Å²) in [7, 11) is 0. The molecule has 0 atom stereocenters. The lowest BCUT2D eigenvalue weighted by molar-refractivity contribution is 0.0956. The van der Waals surface area contributed by atoms with Crippen LogP contribution in [0.3, 0.4) is 0 Å². The first-order valence-electron chi connectivity index (χ1n) is 8.59. The topological polar surface area (TPSA) is 70.6 Å². The minimum atomic E-state index is -0.459. The van der Waals surface area contributed by atoms with Crippen LogP contribution in [-0.4, -0.2) is 18.0 Å². The van der Waals surface area contributed by atoms with E-state index in [-0.39, 0.29) is 11.1 Å². The number of benzene rings is 3. The molecule has 28 heavy (non-hydrogen) atoms. The van der Waals surface area contributed by atoms with Crippen LogP contribution in [0.15, 0.2) is 77.9 Å². The summed E-state index contributed by atoms with van der Waals surface area (Å²) in [6.45, 7) is 1.97. The number of rotatable bonds is 5. The molecule has 0 bridgehead atoms. The molecule has 0 aliphatic carbocycles. The van der Waals surface area contributed by atoms with Crippen molar-refractivity contribution in [1.82, 2.24) is 5.43 Å². The van der Waals surface area contributed by atoms with Crippen molar-refractivity contribution in [2.45, 2.75) is 6.92 Å². The SMILES string of the molecule is Cc1cccc(C=NNC(=O)c2ccccc2NC(=O)c2ccc(F)cc2)c1. The average Bonchev–Trinajstić information content (AvgIpc) is 2.69. The highest BCUT2D eigenvalue weighted by Crippen LogP contribution is 2.16. The highest BCUT2D eigenvalue weighted by Gasteiger charge is 2.13. The van der Waals surface area contributed by atoms with E-state index in [1.54, 1.807) is 30.5 Å². The Morgan fingerprint density at radius 2 is 1.68 bits per heavy atom. The highest BCUT2D eigenvalue weighted by atomic mass is 19.1. The summed E-state index contributed by atoms with van der Waals surface area (Å²) in [4.78, 5) is 24.8. The van der Waals surface area contributed by atoms with E-state index in [0.717, 1.165) is 11.1 Å². The lowest BCUT2D eigenvalue weighted by atomic mass is 10.1. The van der Waals surface area contributed by atoms with E-state index in [9.17, 15) is 14.0 Å². The minimum Gasteiger partial charge on any atom is -0.321 e. The number of amides is 2. The number of hydrogen-bond acceptors (Lipinski definition) is 3. The maximum Gasteiger partial charge on any atom is 0.273 e. The molecule has 0 aliphatic rings. The molecule has 0 saturated heterocycles. The van der Waals surface area contributed by atoms with Crippen LogP contribution in [0.4, 0.5) is 10.1 Å². The Morgan fingerprint density at radius 3 is 2.43 bits per heavy atom. The number of aryl methyl sites for hydroxylation is 1. The van der Waals surface area contributed by atoms with E-state index in [1.807, 2.05) is 31.2 Å². The third-order valence-electron chi connectivity index (χ3n) is 3.95. The van der Waals surface area contributed by atoms with Crippen molar-refractivity contribution in [2.24, 2.45) is 5.10 Å². The zero-order valence-electron chi connectivity index (χ0n) is 15.1. The Bertz CT molecular complexity index is 1030. The summed E-state index contributed by atoms with van der Waals surface area (Å²) in [6.07, 6.45) is 1.55. The van der Waals surface area contributed by atoms with Gasteiger partial charge in [0.05, 0.1) is 17.5 Å². The molecule has 3 aromatic rings. The Hall–Kier alpha value is -3.80. The van der Waals surface area contributed by atoms with Gasteiger partial charge in [-0.05, 0) is 48.9 Å². The van der Waals surface area contributed by atoms with Gasteiger partial charge in [0.15, 0.2) is 0 Å². The fourth-order valence-corrected chi connectivity index (χ4v) is 2.56.